The van der Waals surface area contributed by atoms with E-state index in [1.807, 2.05) is 13.0 Å². The summed E-state index contributed by atoms with van der Waals surface area (Å²) in [4.78, 5) is 16.1. The Morgan fingerprint density at radius 2 is 2.05 bits per heavy atom. The first-order chi connectivity index (χ1) is 9.17. The van der Waals surface area contributed by atoms with Crippen molar-refractivity contribution in [3.63, 3.8) is 0 Å². The van der Waals surface area contributed by atoms with Crippen LogP contribution < -0.4 is 0 Å². The van der Waals surface area contributed by atoms with Crippen LogP contribution in [0.4, 0.5) is 0 Å². The van der Waals surface area contributed by atoms with Crippen molar-refractivity contribution in [1.82, 2.24) is 9.38 Å². The number of imidazole rings is 1. The zero-order valence-corrected chi connectivity index (χ0v) is 11.0. The molecule has 2 aromatic heterocycles. The standard InChI is InChI=1S/C14H16N2O3/c1-4-18-10(3)11-8-12(14(17)19-5-2)16-7-6-15-13(16)9-11/h6-9H,3-5H2,1-2H3. The Balaban J connectivity index is 2.51. The smallest absolute Gasteiger partial charge is 0.355 e. The number of rotatable bonds is 5. The molecule has 0 N–H and O–H groups in total. The molecule has 2 aromatic rings. The molecule has 0 fully saturated rings. The normalized spacial score (nSPS) is 10.4. The average Bonchev–Trinajstić information content (AvgIpc) is 2.86. The first kappa shape index (κ1) is 13.1. The summed E-state index contributed by atoms with van der Waals surface area (Å²) in [6.45, 7) is 8.34. The summed E-state index contributed by atoms with van der Waals surface area (Å²) in [6.07, 6.45) is 3.35. The highest BCUT2D eigenvalue weighted by Gasteiger charge is 2.14. The first-order valence-corrected chi connectivity index (χ1v) is 6.13. The van der Waals surface area contributed by atoms with Crippen LogP contribution in [-0.4, -0.2) is 28.6 Å². The molecule has 0 aliphatic carbocycles. The Kier molecular flexibility index (Phi) is 3.85. The van der Waals surface area contributed by atoms with Gasteiger partial charge in [0.2, 0.25) is 0 Å². The van der Waals surface area contributed by atoms with Gasteiger partial charge in [-0.15, -0.1) is 0 Å². The minimum atomic E-state index is -0.392. The fraction of sp³-hybridized carbons (Fsp3) is 0.286. The molecule has 0 saturated heterocycles. The molecular weight excluding hydrogens is 244 g/mol. The second-order valence-corrected chi connectivity index (χ2v) is 3.86. The first-order valence-electron chi connectivity index (χ1n) is 6.13. The fourth-order valence-corrected chi connectivity index (χ4v) is 1.80. The molecule has 0 radical (unpaired) electrons. The van der Waals surface area contributed by atoms with E-state index in [1.54, 1.807) is 29.8 Å². The van der Waals surface area contributed by atoms with Crippen molar-refractivity contribution in [3.8, 4) is 0 Å². The average molecular weight is 260 g/mol. The molecule has 2 rings (SSSR count). The molecular formula is C14H16N2O3. The van der Waals surface area contributed by atoms with E-state index in [2.05, 4.69) is 11.6 Å². The van der Waals surface area contributed by atoms with Crippen LogP contribution in [0, 0.1) is 0 Å². The minimum Gasteiger partial charge on any atom is -0.494 e. The van der Waals surface area contributed by atoms with E-state index in [-0.39, 0.29) is 0 Å². The van der Waals surface area contributed by atoms with E-state index in [0.29, 0.717) is 30.3 Å². The molecule has 5 nitrogen and oxygen atoms in total. The van der Waals surface area contributed by atoms with Crippen LogP contribution in [0.1, 0.15) is 29.9 Å². The second kappa shape index (κ2) is 5.56. The zero-order chi connectivity index (χ0) is 13.8. The molecule has 0 spiro atoms. The summed E-state index contributed by atoms with van der Waals surface area (Å²) in [5.74, 6) is 0.121. The monoisotopic (exact) mass is 260 g/mol. The van der Waals surface area contributed by atoms with Gasteiger partial charge in [0.25, 0.3) is 0 Å². The van der Waals surface area contributed by atoms with Crippen LogP contribution >= 0.6 is 0 Å². The van der Waals surface area contributed by atoms with Crippen LogP contribution in [-0.2, 0) is 9.47 Å². The Bertz CT molecular complexity index is 616. The van der Waals surface area contributed by atoms with Gasteiger partial charge in [-0.25, -0.2) is 9.78 Å². The predicted molar refractivity (Wildman–Crippen MR) is 71.8 cm³/mol. The van der Waals surface area contributed by atoms with Gasteiger partial charge in [-0.1, -0.05) is 6.58 Å². The van der Waals surface area contributed by atoms with Crippen molar-refractivity contribution in [2.24, 2.45) is 0 Å². The highest BCUT2D eigenvalue weighted by Crippen LogP contribution is 2.19. The van der Waals surface area contributed by atoms with Crippen molar-refractivity contribution in [2.75, 3.05) is 13.2 Å². The maximum absolute atomic E-state index is 11.9. The Morgan fingerprint density at radius 1 is 1.32 bits per heavy atom. The number of carbonyl (C=O) groups is 1. The van der Waals surface area contributed by atoms with E-state index < -0.39 is 5.97 Å². The fourth-order valence-electron chi connectivity index (χ4n) is 1.80. The van der Waals surface area contributed by atoms with Gasteiger partial charge in [0.05, 0.1) is 13.2 Å². The van der Waals surface area contributed by atoms with Crippen molar-refractivity contribution < 1.29 is 14.3 Å². The van der Waals surface area contributed by atoms with E-state index in [9.17, 15) is 4.79 Å². The highest BCUT2D eigenvalue weighted by molar-refractivity contribution is 5.89. The molecule has 0 aliphatic rings. The largest absolute Gasteiger partial charge is 0.494 e. The summed E-state index contributed by atoms with van der Waals surface area (Å²) in [5.41, 5.74) is 1.79. The van der Waals surface area contributed by atoms with Crippen LogP contribution in [0.5, 0.6) is 0 Å². The topological polar surface area (TPSA) is 52.8 Å². The van der Waals surface area contributed by atoms with Crippen LogP contribution in [0.2, 0.25) is 0 Å². The number of esters is 1. The van der Waals surface area contributed by atoms with Gasteiger partial charge < -0.3 is 9.47 Å². The molecule has 2 heterocycles. The van der Waals surface area contributed by atoms with Gasteiger partial charge in [-0.05, 0) is 26.0 Å². The van der Waals surface area contributed by atoms with Gasteiger partial charge in [0.15, 0.2) is 0 Å². The summed E-state index contributed by atoms with van der Waals surface area (Å²) >= 11 is 0. The molecule has 0 unspecified atom stereocenters. The zero-order valence-electron chi connectivity index (χ0n) is 11.0. The molecule has 100 valence electrons. The summed E-state index contributed by atoms with van der Waals surface area (Å²) < 4.78 is 12.1. The summed E-state index contributed by atoms with van der Waals surface area (Å²) in [5, 5.41) is 0. The van der Waals surface area contributed by atoms with Crippen molar-refractivity contribution in [2.45, 2.75) is 13.8 Å². The lowest BCUT2D eigenvalue weighted by molar-refractivity contribution is 0.0517. The van der Waals surface area contributed by atoms with Gasteiger partial charge in [0.1, 0.15) is 17.1 Å². The molecule has 0 aliphatic heterocycles. The Hall–Kier alpha value is -2.30. The number of fused-ring (bicyclic) bond motifs is 1. The van der Waals surface area contributed by atoms with E-state index in [4.69, 9.17) is 9.47 Å². The third-order valence-corrected chi connectivity index (χ3v) is 2.63. The molecule has 0 atom stereocenters. The van der Waals surface area contributed by atoms with Gasteiger partial charge in [0, 0.05) is 18.0 Å². The Morgan fingerprint density at radius 3 is 2.74 bits per heavy atom. The summed E-state index contributed by atoms with van der Waals surface area (Å²) in [6, 6.07) is 3.52. The maximum Gasteiger partial charge on any atom is 0.355 e. The number of nitrogens with zero attached hydrogens (tertiary/aromatic N) is 2. The molecule has 19 heavy (non-hydrogen) atoms. The molecule has 5 heteroatoms. The molecule has 0 saturated carbocycles. The second-order valence-electron chi connectivity index (χ2n) is 3.86. The lowest BCUT2D eigenvalue weighted by atomic mass is 10.2. The van der Waals surface area contributed by atoms with Crippen LogP contribution in [0.25, 0.3) is 11.4 Å². The highest BCUT2D eigenvalue weighted by atomic mass is 16.5. The third-order valence-electron chi connectivity index (χ3n) is 2.63. The SMILES string of the molecule is C=C(OCC)c1cc(C(=O)OCC)n2ccnc2c1. The number of hydrogen-bond acceptors (Lipinski definition) is 4. The molecule has 0 bridgehead atoms. The number of ether oxygens (including phenoxy) is 2. The van der Waals surface area contributed by atoms with Gasteiger partial charge >= 0.3 is 5.97 Å². The van der Waals surface area contributed by atoms with Crippen LogP contribution in [0.3, 0.4) is 0 Å². The maximum atomic E-state index is 11.9. The van der Waals surface area contributed by atoms with E-state index in [0.717, 1.165) is 5.56 Å². The van der Waals surface area contributed by atoms with E-state index in [1.165, 1.54) is 0 Å². The van der Waals surface area contributed by atoms with E-state index >= 15 is 0 Å². The number of aromatic nitrogens is 2. The van der Waals surface area contributed by atoms with Crippen molar-refractivity contribution in [1.29, 1.82) is 0 Å². The van der Waals surface area contributed by atoms with Crippen LogP contribution in [0.15, 0.2) is 31.1 Å². The van der Waals surface area contributed by atoms with Gasteiger partial charge in [-0.2, -0.15) is 0 Å². The number of hydrogen-bond donors (Lipinski definition) is 0. The minimum absolute atomic E-state index is 0.325. The van der Waals surface area contributed by atoms with Gasteiger partial charge in [-0.3, -0.25) is 4.40 Å². The number of carbonyl (C=O) groups excluding carboxylic acids is 1. The summed E-state index contributed by atoms with van der Waals surface area (Å²) in [7, 11) is 0. The lowest BCUT2D eigenvalue weighted by Crippen LogP contribution is -2.10. The third kappa shape index (κ3) is 2.59. The number of pyridine rings is 1. The van der Waals surface area contributed by atoms with Crippen molar-refractivity contribution in [3.05, 3.63) is 42.4 Å². The lowest BCUT2D eigenvalue weighted by Gasteiger charge is -2.10. The quantitative estimate of drug-likeness (QED) is 0.612. The molecule has 0 amide bonds. The Labute approximate surface area is 111 Å². The van der Waals surface area contributed by atoms with Crippen molar-refractivity contribution >= 4 is 17.4 Å². The predicted octanol–water partition coefficient (Wildman–Crippen LogP) is 2.52. The molecule has 0 aromatic carbocycles.